The third-order valence-corrected chi connectivity index (χ3v) is 3.25. The summed E-state index contributed by atoms with van der Waals surface area (Å²) in [5.74, 6) is 0.954. The van der Waals surface area contributed by atoms with Crippen LogP contribution in [0.25, 0.3) is 0 Å². The number of ether oxygens (including phenoxy) is 1. The lowest BCUT2D eigenvalue weighted by atomic mass is 10.1. The standard InChI is InChI=1S/C15H26N4O/c1-12-11-19(6-5-7-20-12)14-10-16-8-13(18-14)9-17-15(2,3)4/h8,10,12,17H,5-7,9,11H2,1-4H3. The van der Waals surface area contributed by atoms with Gasteiger partial charge in [0.1, 0.15) is 5.82 Å². The summed E-state index contributed by atoms with van der Waals surface area (Å²) in [5.41, 5.74) is 1.07. The van der Waals surface area contributed by atoms with Crippen LogP contribution in [0.1, 0.15) is 39.8 Å². The van der Waals surface area contributed by atoms with Crippen molar-refractivity contribution in [3.8, 4) is 0 Å². The molecule has 0 radical (unpaired) electrons. The van der Waals surface area contributed by atoms with Crippen molar-refractivity contribution >= 4 is 5.82 Å². The first-order valence-electron chi connectivity index (χ1n) is 7.36. The smallest absolute Gasteiger partial charge is 0.147 e. The van der Waals surface area contributed by atoms with Gasteiger partial charge in [-0.3, -0.25) is 4.98 Å². The zero-order valence-corrected chi connectivity index (χ0v) is 13.0. The minimum atomic E-state index is 0.0860. The highest BCUT2D eigenvalue weighted by Gasteiger charge is 2.17. The summed E-state index contributed by atoms with van der Waals surface area (Å²) < 4.78 is 5.67. The van der Waals surface area contributed by atoms with E-state index < -0.39 is 0 Å². The molecule has 1 aliphatic heterocycles. The Balaban J connectivity index is 2.04. The van der Waals surface area contributed by atoms with Gasteiger partial charge in [-0.15, -0.1) is 0 Å². The highest BCUT2D eigenvalue weighted by Crippen LogP contribution is 2.15. The van der Waals surface area contributed by atoms with Crippen LogP contribution < -0.4 is 10.2 Å². The molecule has 2 heterocycles. The van der Waals surface area contributed by atoms with Crippen LogP contribution in [-0.4, -0.2) is 41.3 Å². The second kappa shape index (κ2) is 6.50. The van der Waals surface area contributed by atoms with Gasteiger partial charge in [0.25, 0.3) is 0 Å². The van der Waals surface area contributed by atoms with E-state index in [-0.39, 0.29) is 11.6 Å². The molecule has 1 aromatic rings. The number of aromatic nitrogens is 2. The normalized spacial score (nSPS) is 20.8. The molecule has 0 aliphatic carbocycles. The van der Waals surface area contributed by atoms with Gasteiger partial charge in [0.15, 0.2) is 0 Å². The topological polar surface area (TPSA) is 50.3 Å². The summed E-state index contributed by atoms with van der Waals surface area (Å²) in [6, 6.07) is 0. The molecule has 1 saturated heterocycles. The van der Waals surface area contributed by atoms with E-state index in [1.165, 1.54) is 0 Å². The fourth-order valence-electron chi connectivity index (χ4n) is 2.19. The van der Waals surface area contributed by atoms with Crippen molar-refractivity contribution in [2.75, 3.05) is 24.6 Å². The Morgan fingerprint density at radius 2 is 2.20 bits per heavy atom. The minimum absolute atomic E-state index is 0.0860. The van der Waals surface area contributed by atoms with Gasteiger partial charge in [-0.25, -0.2) is 4.98 Å². The van der Waals surface area contributed by atoms with Crippen LogP contribution in [-0.2, 0) is 11.3 Å². The number of hydrogen-bond donors (Lipinski definition) is 1. The van der Waals surface area contributed by atoms with Crippen molar-refractivity contribution in [2.24, 2.45) is 0 Å². The van der Waals surface area contributed by atoms with Crippen LogP contribution in [0.2, 0.25) is 0 Å². The van der Waals surface area contributed by atoms with Gasteiger partial charge < -0.3 is 15.0 Å². The van der Waals surface area contributed by atoms with Crippen molar-refractivity contribution in [1.29, 1.82) is 0 Å². The van der Waals surface area contributed by atoms with E-state index in [4.69, 9.17) is 9.72 Å². The van der Waals surface area contributed by atoms with E-state index in [1.54, 1.807) is 0 Å². The molecule has 1 aliphatic rings. The maximum atomic E-state index is 5.67. The Morgan fingerprint density at radius 1 is 1.40 bits per heavy atom. The van der Waals surface area contributed by atoms with E-state index in [0.29, 0.717) is 0 Å². The van der Waals surface area contributed by atoms with Crippen LogP contribution >= 0.6 is 0 Å². The third-order valence-electron chi connectivity index (χ3n) is 3.25. The van der Waals surface area contributed by atoms with Gasteiger partial charge in [-0.2, -0.15) is 0 Å². The van der Waals surface area contributed by atoms with Crippen LogP contribution in [0.3, 0.4) is 0 Å². The predicted octanol–water partition coefficient (Wildman–Crippen LogP) is 1.98. The molecule has 0 aromatic carbocycles. The molecule has 20 heavy (non-hydrogen) atoms. The minimum Gasteiger partial charge on any atom is -0.377 e. The van der Waals surface area contributed by atoms with Crippen LogP contribution in [0.5, 0.6) is 0 Å². The molecule has 5 nitrogen and oxygen atoms in total. The molecule has 1 fully saturated rings. The van der Waals surface area contributed by atoms with Gasteiger partial charge in [-0.05, 0) is 34.1 Å². The first-order chi connectivity index (χ1) is 9.44. The Kier molecular flexibility index (Phi) is 4.94. The third kappa shape index (κ3) is 4.72. The maximum Gasteiger partial charge on any atom is 0.147 e. The Bertz CT molecular complexity index is 430. The monoisotopic (exact) mass is 278 g/mol. The Labute approximate surface area is 121 Å². The zero-order valence-electron chi connectivity index (χ0n) is 13.0. The Hall–Kier alpha value is -1.20. The lowest BCUT2D eigenvalue weighted by molar-refractivity contribution is 0.0820. The maximum absolute atomic E-state index is 5.67. The molecule has 0 bridgehead atoms. The quantitative estimate of drug-likeness (QED) is 0.916. The fraction of sp³-hybridized carbons (Fsp3) is 0.733. The van der Waals surface area contributed by atoms with E-state index in [9.17, 15) is 0 Å². The second-order valence-corrected chi connectivity index (χ2v) is 6.45. The first kappa shape index (κ1) is 15.2. The van der Waals surface area contributed by atoms with Gasteiger partial charge in [0, 0.05) is 38.0 Å². The summed E-state index contributed by atoms with van der Waals surface area (Å²) in [6.07, 6.45) is 4.96. The van der Waals surface area contributed by atoms with Crippen molar-refractivity contribution in [1.82, 2.24) is 15.3 Å². The molecule has 1 aromatic heterocycles. The predicted molar refractivity (Wildman–Crippen MR) is 80.9 cm³/mol. The summed E-state index contributed by atoms with van der Waals surface area (Å²) in [4.78, 5) is 11.3. The number of anilines is 1. The van der Waals surface area contributed by atoms with Crippen LogP contribution in [0.15, 0.2) is 12.4 Å². The SMILES string of the molecule is CC1CN(c2cncc(CNC(C)(C)C)n2)CCCO1. The molecule has 112 valence electrons. The van der Waals surface area contributed by atoms with Crippen molar-refractivity contribution in [2.45, 2.75) is 52.3 Å². The number of nitrogens with zero attached hydrogens (tertiary/aromatic N) is 3. The van der Waals surface area contributed by atoms with Gasteiger partial charge >= 0.3 is 0 Å². The van der Waals surface area contributed by atoms with Gasteiger partial charge in [0.2, 0.25) is 0 Å². The lowest BCUT2D eigenvalue weighted by Gasteiger charge is -2.24. The summed E-state index contributed by atoms with van der Waals surface area (Å²) in [5, 5.41) is 3.44. The second-order valence-electron chi connectivity index (χ2n) is 6.45. The van der Waals surface area contributed by atoms with E-state index in [0.717, 1.165) is 44.2 Å². The van der Waals surface area contributed by atoms with Gasteiger partial charge in [0.05, 0.1) is 18.0 Å². The van der Waals surface area contributed by atoms with Crippen LogP contribution in [0, 0.1) is 0 Å². The van der Waals surface area contributed by atoms with E-state index >= 15 is 0 Å². The fourth-order valence-corrected chi connectivity index (χ4v) is 2.19. The molecule has 5 heteroatoms. The molecule has 1 N–H and O–H groups in total. The molecule has 0 amide bonds. The molecule has 0 saturated carbocycles. The Morgan fingerprint density at radius 3 is 2.95 bits per heavy atom. The van der Waals surface area contributed by atoms with Crippen molar-refractivity contribution in [3.63, 3.8) is 0 Å². The summed E-state index contributed by atoms with van der Waals surface area (Å²) in [6.45, 7) is 12.0. The number of rotatable bonds is 3. The first-order valence-corrected chi connectivity index (χ1v) is 7.36. The van der Waals surface area contributed by atoms with E-state index in [2.05, 4.69) is 42.9 Å². The van der Waals surface area contributed by atoms with Gasteiger partial charge in [-0.1, -0.05) is 0 Å². The molecule has 1 atom stereocenters. The van der Waals surface area contributed by atoms with Crippen molar-refractivity contribution < 1.29 is 4.74 Å². The lowest BCUT2D eigenvalue weighted by Crippen LogP contribution is -2.35. The molecule has 0 spiro atoms. The largest absolute Gasteiger partial charge is 0.377 e. The zero-order chi connectivity index (χ0) is 14.6. The van der Waals surface area contributed by atoms with Crippen molar-refractivity contribution in [3.05, 3.63) is 18.1 Å². The highest BCUT2D eigenvalue weighted by molar-refractivity contribution is 5.36. The summed E-state index contributed by atoms with van der Waals surface area (Å²) in [7, 11) is 0. The molecular formula is C15H26N4O. The van der Waals surface area contributed by atoms with E-state index in [1.807, 2.05) is 12.4 Å². The molecule has 1 unspecified atom stereocenters. The summed E-state index contributed by atoms with van der Waals surface area (Å²) >= 11 is 0. The average molecular weight is 278 g/mol. The van der Waals surface area contributed by atoms with Crippen LogP contribution in [0.4, 0.5) is 5.82 Å². The number of nitrogens with one attached hydrogen (secondary N) is 1. The number of hydrogen-bond acceptors (Lipinski definition) is 5. The average Bonchev–Trinajstić information content (AvgIpc) is 2.61. The molecule has 2 rings (SSSR count). The highest BCUT2D eigenvalue weighted by atomic mass is 16.5. The molecular weight excluding hydrogens is 252 g/mol.